The predicted molar refractivity (Wildman–Crippen MR) is 206 cm³/mol. The van der Waals surface area contributed by atoms with Crippen molar-refractivity contribution in [1.82, 2.24) is 0 Å². The van der Waals surface area contributed by atoms with E-state index in [-0.39, 0.29) is 31.6 Å². The lowest BCUT2D eigenvalue weighted by Gasteiger charge is -2.12. The summed E-state index contributed by atoms with van der Waals surface area (Å²) in [6.45, 7) is 4.16. The maximum Gasteiger partial charge on any atom is 0.305 e. The number of esters is 2. The van der Waals surface area contributed by atoms with Crippen LogP contribution >= 0.6 is 0 Å². The Balaban J connectivity index is 3.57. The SMILES string of the molecule is CCCCC/C=C\C=C/[C@@H](O)C/C=C\C/C=C/CCCC(=O)OC[C@@H](O)COC(=O)CCCCCCCCCCCCCCCCCCC. The number of carbonyl (C=O) groups excluding carboxylic acids is 2. The van der Waals surface area contributed by atoms with E-state index < -0.39 is 12.2 Å². The van der Waals surface area contributed by atoms with Crippen LogP contribution in [0.4, 0.5) is 0 Å². The first-order chi connectivity index (χ1) is 24.0. The summed E-state index contributed by atoms with van der Waals surface area (Å²) in [6.07, 6.45) is 44.8. The van der Waals surface area contributed by atoms with Crippen molar-refractivity contribution in [3.8, 4) is 0 Å². The van der Waals surface area contributed by atoms with E-state index in [0.29, 0.717) is 19.3 Å². The lowest BCUT2D eigenvalue weighted by molar-refractivity contribution is -0.152. The molecular weight excluding hydrogens is 612 g/mol. The van der Waals surface area contributed by atoms with Gasteiger partial charge in [-0.05, 0) is 44.9 Å². The Morgan fingerprint density at radius 1 is 0.510 bits per heavy atom. The second-order valence-corrected chi connectivity index (χ2v) is 13.6. The van der Waals surface area contributed by atoms with Crippen molar-refractivity contribution in [2.45, 2.75) is 199 Å². The van der Waals surface area contributed by atoms with Crippen molar-refractivity contribution < 1.29 is 29.3 Å². The van der Waals surface area contributed by atoms with Gasteiger partial charge in [0.25, 0.3) is 0 Å². The van der Waals surface area contributed by atoms with Gasteiger partial charge in [-0.3, -0.25) is 9.59 Å². The summed E-state index contributed by atoms with van der Waals surface area (Å²) in [6, 6.07) is 0. The Morgan fingerprint density at radius 2 is 0.959 bits per heavy atom. The van der Waals surface area contributed by atoms with Gasteiger partial charge in [-0.15, -0.1) is 0 Å². The molecule has 0 amide bonds. The van der Waals surface area contributed by atoms with E-state index in [1.54, 1.807) is 0 Å². The molecule has 0 spiro atoms. The van der Waals surface area contributed by atoms with Crippen LogP contribution in [0.2, 0.25) is 0 Å². The Labute approximate surface area is 301 Å². The fourth-order valence-corrected chi connectivity index (χ4v) is 5.51. The molecule has 49 heavy (non-hydrogen) atoms. The molecule has 0 aliphatic carbocycles. The smallest absolute Gasteiger partial charge is 0.305 e. The van der Waals surface area contributed by atoms with E-state index in [1.165, 1.54) is 109 Å². The van der Waals surface area contributed by atoms with E-state index in [2.05, 4.69) is 19.9 Å². The second kappa shape index (κ2) is 38.6. The van der Waals surface area contributed by atoms with Gasteiger partial charge in [0.2, 0.25) is 0 Å². The van der Waals surface area contributed by atoms with Crippen molar-refractivity contribution in [1.29, 1.82) is 0 Å². The van der Waals surface area contributed by atoms with E-state index in [4.69, 9.17) is 9.47 Å². The van der Waals surface area contributed by atoms with Gasteiger partial charge in [-0.25, -0.2) is 0 Å². The van der Waals surface area contributed by atoms with Crippen LogP contribution in [0, 0.1) is 0 Å². The fourth-order valence-electron chi connectivity index (χ4n) is 5.51. The van der Waals surface area contributed by atoms with E-state index >= 15 is 0 Å². The topological polar surface area (TPSA) is 93.1 Å². The van der Waals surface area contributed by atoms with Gasteiger partial charge in [0.15, 0.2) is 0 Å². The third-order valence-electron chi connectivity index (χ3n) is 8.65. The molecule has 6 nitrogen and oxygen atoms in total. The molecule has 0 fully saturated rings. The summed E-state index contributed by atoms with van der Waals surface area (Å²) in [7, 11) is 0. The molecule has 0 aromatic rings. The molecule has 0 radical (unpaired) electrons. The van der Waals surface area contributed by atoms with Gasteiger partial charge in [0, 0.05) is 12.8 Å². The minimum atomic E-state index is -1.00. The molecule has 0 aromatic heterocycles. The minimum absolute atomic E-state index is 0.148. The van der Waals surface area contributed by atoms with Gasteiger partial charge in [-0.1, -0.05) is 178 Å². The molecule has 0 aliphatic rings. The highest BCUT2D eigenvalue weighted by Crippen LogP contribution is 2.14. The summed E-state index contributed by atoms with van der Waals surface area (Å²) in [4.78, 5) is 23.9. The van der Waals surface area contributed by atoms with Gasteiger partial charge >= 0.3 is 11.9 Å². The average Bonchev–Trinajstić information content (AvgIpc) is 3.10. The van der Waals surface area contributed by atoms with Crippen LogP contribution in [0.15, 0.2) is 48.6 Å². The first-order valence-corrected chi connectivity index (χ1v) is 20.3. The van der Waals surface area contributed by atoms with Gasteiger partial charge in [0.1, 0.15) is 19.3 Å². The summed E-state index contributed by atoms with van der Waals surface area (Å²) in [5, 5.41) is 20.0. The maximum atomic E-state index is 12.0. The van der Waals surface area contributed by atoms with Crippen LogP contribution in [0.1, 0.15) is 187 Å². The first kappa shape index (κ1) is 46.8. The standard InChI is InChI=1S/C43H76O6/c1-3-5-7-9-11-12-13-14-15-16-17-18-19-20-24-28-32-36-42(46)48-38-41(45)39-49-43(47)37-33-29-25-21-23-27-31-35-40(44)34-30-26-22-10-8-6-4-2/h21-22,25-27,30-31,34,40-41,44-45H,3-20,23-24,28-29,32-33,35-39H2,1-2H3/b25-21+,26-22-,31-27-,34-30-/t40-,41+/m1/s1. The third kappa shape index (κ3) is 38.5. The summed E-state index contributed by atoms with van der Waals surface area (Å²) < 4.78 is 10.3. The summed E-state index contributed by atoms with van der Waals surface area (Å²) >= 11 is 0. The molecule has 6 heteroatoms. The molecule has 284 valence electrons. The molecular formula is C43H76O6. The van der Waals surface area contributed by atoms with Crippen LogP contribution in [0.25, 0.3) is 0 Å². The first-order valence-electron chi connectivity index (χ1n) is 20.3. The Hall–Kier alpha value is -2.18. The summed E-state index contributed by atoms with van der Waals surface area (Å²) in [5.41, 5.74) is 0. The predicted octanol–water partition coefficient (Wildman–Crippen LogP) is 11.6. The largest absolute Gasteiger partial charge is 0.463 e. The van der Waals surface area contributed by atoms with Gasteiger partial charge in [-0.2, -0.15) is 0 Å². The number of carbonyl (C=O) groups is 2. The fraction of sp³-hybridized carbons (Fsp3) is 0.767. The molecule has 0 aliphatic heterocycles. The number of hydrogen-bond acceptors (Lipinski definition) is 6. The normalized spacial score (nSPS) is 13.3. The van der Waals surface area contributed by atoms with Crippen LogP contribution in [-0.2, 0) is 19.1 Å². The quantitative estimate of drug-likeness (QED) is 0.0294. The molecule has 0 bridgehead atoms. The van der Waals surface area contributed by atoms with E-state index in [9.17, 15) is 19.8 Å². The Morgan fingerprint density at radius 3 is 1.51 bits per heavy atom. The Kier molecular flexibility index (Phi) is 36.9. The third-order valence-corrected chi connectivity index (χ3v) is 8.65. The highest BCUT2D eigenvalue weighted by Gasteiger charge is 2.12. The van der Waals surface area contributed by atoms with Crippen LogP contribution in [0.5, 0.6) is 0 Å². The number of rotatable bonds is 36. The highest BCUT2D eigenvalue weighted by molar-refractivity contribution is 5.69. The minimum Gasteiger partial charge on any atom is -0.463 e. The highest BCUT2D eigenvalue weighted by atomic mass is 16.6. The molecule has 0 heterocycles. The van der Waals surface area contributed by atoms with Gasteiger partial charge < -0.3 is 19.7 Å². The molecule has 0 saturated carbocycles. The molecule has 0 saturated heterocycles. The lowest BCUT2D eigenvalue weighted by Crippen LogP contribution is -2.25. The van der Waals surface area contributed by atoms with Gasteiger partial charge in [0.05, 0.1) is 6.10 Å². The molecule has 2 atom stereocenters. The zero-order chi connectivity index (χ0) is 35.9. The van der Waals surface area contributed by atoms with Crippen LogP contribution in [-0.4, -0.2) is 47.6 Å². The van der Waals surface area contributed by atoms with Crippen molar-refractivity contribution in [2.75, 3.05) is 13.2 Å². The maximum absolute atomic E-state index is 12.0. The number of ether oxygens (including phenoxy) is 2. The molecule has 0 rings (SSSR count). The van der Waals surface area contributed by atoms with Crippen molar-refractivity contribution in [3.05, 3.63) is 48.6 Å². The van der Waals surface area contributed by atoms with E-state index in [0.717, 1.165) is 38.5 Å². The second-order valence-electron chi connectivity index (χ2n) is 13.6. The summed E-state index contributed by atoms with van der Waals surface area (Å²) in [5.74, 6) is -0.665. The number of aliphatic hydroxyl groups is 2. The number of unbranched alkanes of at least 4 members (excludes halogenated alkanes) is 20. The molecule has 0 aromatic carbocycles. The average molecular weight is 689 g/mol. The number of aliphatic hydroxyl groups excluding tert-OH is 2. The lowest BCUT2D eigenvalue weighted by atomic mass is 10.0. The van der Waals surface area contributed by atoms with Crippen molar-refractivity contribution >= 4 is 11.9 Å². The van der Waals surface area contributed by atoms with Crippen molar-refractivity contribution in [2.24, 2.45) is 0 Å². The van der Waals surface area contributed by atoms with E-state index in [1.807, 2.05) is 42.5 Å². The monoisotopic (exact) mass is 689 g/mol. The van der Waals surface area contributed by atoms with Crippen LogP contribution < -0.4 is 0 Å². The molecule has 2 N–H and O–H groups in total. The Bertz CT molecular complexity index is 845. The number of hydrogen-bond donors (Lipinski definition) is 2. The van der Waals surface area contributed by atoms with Crippen molar-refractivity contribution in [3.63, 3.8) is 0 Å². The zero-order valence-electron chi connectivity index (χ0n) is 31.8. The van der Waals surface area contributed by atoms with Crippen LogP contribution in [0.3, 0.4) is 0 Å². The molecule has 0 unspecified atom stereocenters. The number of allylic oxidation sites excluding steroid dienone is 6. The zero-order valence-corrected chi connectivity index (χ0v) is 31.8.